The monoisotopic (exact) mass is 573 g/mol. The van der Waals surface area contributed by atoms with Gasteiger partial charge in [0.2, 0.25) is 5.88 Å². The Morgan fingerprint density at radius 3 is 2.45 bits per heavy atom. The van der Waals surface area contributed by atoms with Gasteiger partial charge in [-0.25, -0.2) is 9.97 Å². The van der Waals surface area contributed by atoms with Crippen LogP contribution in [0.15, 0.2) is 109 Å². The van der Waals surface area contributed by atoms with Crippen molar-refractivity contribution in [2.75, 3.05) is 11.1 Å². The van der Waals surface area contributed by atoms with Gasteiger partial charge in [0.05, 0.1) is 22.3 Å². The summed E-state index contributed by atoms with van der Waals surface area (Å²) in [5.41, 5.74) is 9.52. The number of carbonyl (C=O) groups is 2. The van der Waals surface area contributed by atoms with Crippen LogP contribution in [0.4, 0.5) is 11.4 Å². The molecule has 0 aliphatic rings. The first kappa shape index (κ1) is 26.7. The van der Waals surface area contributed by atoms with Crippen LogP contribution in [0, 0.1) is 0 Å². The van der Waals surface area contributed by atoms with E-state index >= 15 is 0 Å². The molecular formula is C33H24ClN5O3. The van der Waals surface area contributed by atoms with Gasteiger partial charge in [-0.1, -0.05) is 48.0 Å². The summed E-state index contributed by atoms with van der Waals surface area (Å²) in [6.45, 7) is 0.300. The zero-order valence-corrected chi connectivity index (χ0v) is 22.9. The van der Waals surface area contributed by atoms with E-state index in [1.54, 1.807) is 72.8 Å². The number of carbonyl (C=O) groups excluding carboxylic acids is 2. The maximum atomic E-state index is 13.1. The van der Waals surface area contributed by atoms with Gasteiger partial charge in [0.15, 0.2) is 0 Å². The molecule has 0 radical (unpaired) electrons. The molecule has 0 fully saturated rings. The number of benzene rings is 5. The molecular weight excluding hydrogens is 550 g/mol. The molecule has 0 aliphatic carbocycles. The van der Waals surface area contributed by atoms with Crippen molar-refractivity contribution in [1.82, 2.24) is 15.3 Å². The third kappa shape index (κ3) is 5.70. The molecule has 0 unspecified atom stereocenters. The summed E-state index contributed by atoms with van der Waals surface area (Å²) < 4.78 is 6.08. The van der Waals surface area contributed by atoms with Crippen molar-refractivity contribution in [1.29, 1.82) is 0 Å². The topological polar surface area (TPSA) is 119 Å². The van der Waals surface area contributed by atoms with Gasteiger partial charge in [-0.2, -0.15) is 0 Å². The first-order valence-corrected chi connectivity index (χ1v) is 13.5. The number of para-hydroxylation sites is 2. The van der Waals surface area contributed by atoms with E-state index in [2.05, 4.69) is 20.6 Å². The molecule has 0 aliphatic heterocycles. The first-order chi connectivity index (χ1) is 20.4. The van der Waals surface area contributed by atoms with E-state index in [9.17, 15) is 9.59 Å². The van der Waals surface area contributed by atoms with Crippen molar-refractivity contribution in [2.24, 2.45) is 0 Å². The molecule has 9 heteroatoms. The Hall–Kier alpha value is -5.47. The van der Waals surface area contributed by atoms with Crippen LogP contribution in [0.1, 0.15) is 26.3 Å². The van der Waals surface area contributed by atoms with Gasteiger partial charge in [0.1, 0.15) is 12.1 Å². The second-order valence-corrected chi connectivity index (χ2v) is 9.99. The number of nitrogens with zero attached hydrogens (tertiary/aromatic N) is 2. The standard InChI is InChI=1S/C33H24ClN5O3/c34-23-12-14-27-30(17-23)37-19-38-33(27)42-24-13-15-25-22(16-24)4-3-5-26(25)32(41)36-18-20-8-10-21(11-9-20)31(40)39-29-7-2-1-6-28(29)35/h1-17,19H,18,35H2,(H,36,41)(H,39,40). The van der Waals surface area contributed by atoms with Gasteiger partial charge in [-0.15, -0.1) is 0 Å². The van der Waals surface area contributed by atoms with E-state index in [4.69, 9.17) is 22.1 Å². The van der Waals surface area contributed by atoms with Crippen LogP contribution in [0.25, 0.3) is 21.7 Å². The quantitative estimate of drug-likeness (QED) is 0.177. The number of hydrogen-bond acceptors (Lipinski definition) is 6. The molecule has 0 saturated heterocycles. The molecule has 42 heavy (non-hydrogen) atoms. The molecule has 0 atom stereocenters. The smallest absolute Gasteiger partial charge is 0.255 e. The number of nitrogen functional groups attached to an aromatic ring is 1. The van der Waals surface area contributed by atoms with Crippen LogP contribution in [0.5, 0.6) is 11.6 Å². The van der Waals surface area contributed by atoms with Crippen molar-refractivity contribution in [2.45, 2.75) is 6.54 Å². The maximum Gasteiger partial charge on any atom is 0.255 e. The number of nitrogens with two attached hydrogens (primary N) is 1. The lowest BCUT2D eigenvalue weighted by molar-refractivity contribution is 0.0951. The highest BCUT2D eigenvalue weighted by Crippen LogP contribution is 2.31. The second kappa shape index (κ2) is 11.6. The number of halogens is 1. The van der Waals surface area contributed by atoms with Crippen molar-refractivity contribution < 1.29 is 14.3 Å². The molecule has 1 heterocycles. The molecule has 6 aromatic rings. The Morgan fingerprint density at radius 2 is 1.62 bits per heavy atom. The van der Waals surface area contributed by atoms with E-state index in [0.717, 1.165) is 21.7 Å². The van der Waals surface area contributed by atoms with Crippen LogP contribution >= 0.6 is 11.6 Å². The van der Waals surface area contributed by atoms with Gasteiger partial charge in [-0.3, -0.25) is 9.59 Å². The van der Waals surface area contributed by atoms with Crippen molar-refractivity contribution >= 4 is 56.5 Å². The summed E-state index contributed by atoms with van der Waals surface area (Å²) in [5, 5.41) is 8.73. The zero-order chi connectivity index (χ0) is 29.1. The van der Waals surface area contributed by atoms with Gasteiger partial charge in [-0.05, 0) is 83.1 Å². The predicted octanol–water partition coefficient (Wildman–Crippen LogP) is 6.99. The minimum atomic E-state index is -0.264. The van der Waals surface area contributed by atoms with Gasteiger partial charge in [0, 0.05) is 22.7 Å². The second-order valence-electron chi connectivity index (χ2n) is 9.55. The highest BCUT2D eigenvalue weighted by molar-refractivity contribution is 6.31. The molecule has 206 valence electrons. The molecule has 2 amide bonds. The highest BCUT2D eigenvalue weighted by Gasteiger charge is 2.13. The molecule has 0 spiro atoms. The molecule has 5 aromatic carbocycles. The van der Waals surface area contributed by atoms with Crippen LogP contribution in [-0.4, -0.2) is 21.8 Å². The van der Waals surface area contributed by atoms with Crippen molar-refractivity contribution in [3.63, 3.8) is 0 Å². The fourth-order valence-electron chi connectivity index (χ4n) is 4.58. The Kier molecular flexibility index (Phi) is 7.36. The summed E-state index contributed by atoms with van der Waals surface area (Å²) in [5.74, 6) is 0.515. The Morgan fingerprint density at radius 1 is 0.810 bits per heavy atom. The molecule has 0 saturated carbocycles. The summed E-state index contributed by atoms with van der Waals surface area (Å²) in [6.07, 6.45) is 1.43. The van der Waals surface area contributed by atoms with Crippen LogP contribution in [0.3, 0.4) is 0 Å². The predicted molar refractivity (Wildman–Crippen MR) is 165 cm³/mol. The number of hydrogen-bond donors (Lipinski definition) is 3. The largest absolute Gasteiger partial charge is 0.438 e. The third-order valence-electron chi connectivity index (χ3n) is 6.75. The van der Waals surface area contributed by atoms with E-state index in [1.165, 1.54) is 6.33 Å². The van der Waals surface area contributed by atoms with Crippen LogP contribution < -0.4 is 21.1 Å². The van der Waals surface area contributed by atoms with E-state index in [0.29, 0.717) is 51.2 Å². The molecule has 1 aromatic heterocycles. The lowest BCUT2D eigenvalue weighted by Crippen LogP contribution is -2.23. The summed E-state index contributed by atoms with van der Waals surface area (Å²) in [6, 6.07) is 30.5. The minimum absolute atomic E-state index is 0.214. The van der Waals surface area contributed by atoms with Crippen molar-refractivity contribution in [3.8, 4) is 11.6 Å². The highest BCUT2D eigenvalue weighted by atomic mass is 35.5. The van der Waals surface area contributed by atoms with Crippen LogP contribution in [-0.2, 0) is 6.54 Å². The Bertz CT molecular complexity index is 1960. The van der Waals surface area contributed by atoms with E-state index in [1.807, 2.05) is 30.3 Å². The molecule has 0 bridgehead atoms. The maximum absolute atomic E-state index is 13.1. The average molecular weight is 574 g/mol. The fraction of sp³-hybridized carbons (Fsp3) is 0.0303. The number of amides is 2. The van der Waals surface area contributed by atoms with Crippen molar-refractivity contribution in [3.05, 3.63) is 131 Å². The van der Waals surface area contributed by atoms with E-state index in [-0.39, 0.29) is 11.8 Å². The van der Waals surface area contributed by atoms with Gasteiger partial charge < -0.3 is 21.1 Å². The number of nitrogens with one attached hydrogen (secondary N) is 2. The normalized spacial score (nSPS) is 10.9. The SMILES string of the molecule is Nc1ccccc1NC(=O)c1ccc(CNC(=O)c2cccc3cc(Oc4ncnc5cc(Cl)ccc45)ccc23)cc1. The Balaban J connectivity index is 1.13. The Labute approximate surface area is 246 Å². The summed E-state index contributed by atoms with van der Waals surface area (Å²) in [7, 11) is 0. The minimum Gasteiger partial charge on any atom is -0.438 e. The molecule has 4 N–H and O–H groups in total. The number of ether oxygens (including phenoxy) is 1. The number of anilines is 2. The van der Waals surface area contributed by atoms with Crippen LogP contribution in [0.2, 0.25) is 5.02 Å². The van der Waals surface area contributed by atoms with E-state index < -0.39 is 0 Å². The van der Waals surface area contributed by atoms with Gasteiger partial charge in [0.25, 0.3) is 11.8 Å². The summed E-state index contributed by atoms with van der Waals surface area (Å²) >= 11 is 6.09. The first-order valence-electron chi connectivity index (χ1n) is 13.1. The summed E-state index contributed by atoms with van der Waals surface area (Å²) in [4.78, 5) is 34.3. The molecule has 6 rings (SSSR count). The van der Waals surface area contributed by atoms with Gasteiger partial charge >= 0.3 is 0 Å². The average Bonchev–Trinajstić information content (AvgIpc) is 3.01. The lowest BCUT2D eigenvalue weighted by atomic mass is 10.0. The number of aromatic nitrogens is 2. The number of fused-ring (bicyclic) bond motifs is 2. The fourth-order valence-corrected chi connectivity index (χ4v) is 4.74. The third-order valence-corrected chi connectivity index (χ3v) is 6.99. The zero-order valence-electron chi connectivity index (χ0n) is 22.2. The lowest BCUT2D eigenvalue weighted by Gasteiger charge is -2.11. The molecule has 8 nitrogen and oxygen atoms in total. The number of rotatable bonds is 7.